The number of benzene rings is 6. The molecule has 0 aromatic heterocycles. The first-order valence-electron chi connectivity index (χ1n) is 22.5. The van der Waals surface area contributed by atoms with Gasteiger partial charge in [-0.1, -0.05) is 84.4 Å². The summed E-state index contributed by atoms with van der Waals surface area (Å²) in [7, 11) is -4.98. The predicted octanol–water partition coefficient (Wildman–Crippen LogP) is 7.45. The monoisotopic (exact) mass is 978 g/mol. The fourth-order valence-electron chi connectivity index (χ4n) is 8.45. The van der Waals surface area contributed by atoms with Gasteiger partial charge in [0, 0.05) is 54.0 Å². The molecule has 0 bridgehead atoms. The van der Waals surface area contributed by atoms with E-state index in [-0.39, 0.29) is 57.6 Å². The number of hydrogen-bond acceptors (Lipinski definition) is 10. The minimum atomic E-state index is -4.20. The first-order valence-corrected chi connectivity index (χ1v) is 25.4. The number of aryl methyl sites for hydroxylation is 2. The number of nitrogens with one attached hydrogen (secondary N) is 4. The number of carbonyl (C=O) groups is 4. The number of fused-ring (bicyclic) bond motifs is 2. The SMILES string of the molecule is COc1ccccc1-c1ccc(C(=O)NCCCNC(=O)C2=Cc3c(C)cc(-c4cccc(-c5ccc(C(=O)NCCCNC(=O)C6=Cc7cc(C)ccc7S6(=O)=O)cc5)c4OC)cc3S2(=O)=O)cc1. The minimum absolute atomic E-state index is 0.00189. The normalized spacial score (nSPS) is 13.8. The van der Waals surface area contributed by atoms with Gasteiger partial charge in [-0.15, -0.1) is 0 Å². The molecule has 2 heterocycles. The Kier molecular flexibility index (Phi) is 14.2. The highest BCUT2D eigenvalue weighted by molar-refractivity contribution is 7.97. The average Bonchev–Trinajstić information content (AvgIpc) is 3.80. The molecule has 6 aromatic carbocycles. The Labute approximate surface area is 406 Å². The third-order valence-electron chi connectivity index (χ3n) is 12.1. The summed E-state index contributed by atoms with van der Waals surface area (Å²) in [5, 5.41) is 11.0. The van der Waals surface area contributed by atoms with E-state index in [1.54, 1.807) is 68.6 Å². The predicted molar refractivity (Wildman–Crippen MR) is 268 cm³/mol. The maximum atomic E-state index is 13.9. The summed E-state index contributed by atoms with van der Waals surface area (Å²) in [5.74, 6) is -0.859. The molecular weight excluding hydrogens is 929 g/mol. The quantitative estimate of drug-likeness (QED) is 0.0665. The van der Waals surface area contributed by atoms with Gasteiger partial charge >= 0.3 is 0 Å². The molecule has 16 heteroatoms. The number of carbonyl (C=O) groups excluding carboxylic acids is 4. The molecule has 0 aliphatic carbocycles. The summed E-state index contributed by atoms with van der Waals surface area (Å²) in [6, 6.07) is 35.4. The second kappa shape index (κ2) is 20.4. The lowest BCUT2D eigenvalue weighted by Gasteiger charge is -2.16. The fraction of sp³-hybridized carbons (Fsp3) is 0.185. The van der Waals surface area contributed by atoms with Crippen LogP contribution in [0.3, 0.4) is 0 Å². The molecule has 2 aliphatic rings. The second-order valence-corrected chi connectivity index (χ2v) is 20.5. The van der Waals surface area contributed by atoms with Crippen LogP contribution < -0.4 is 30.7 Å². The Morgan fingerprint density at radius 3 is 1.56 bits per heavy atom. The van der Waals surface area contributed by atoms with Crippen molar-refractivity contribution in [2.75, 3.05) is 40.4 Å². The second-order valence-electron chi connectivity index (χ2n) is 16.7. The van der Waals surface area contributed by atoms with Crippen molar-refractivity contribution in [3.63, 3.8) is 0 Å². The van der Waals surface area contributed by atoms with Crippen molar-refractivity contribution in [2.24, 2.45) is 0 Å². The molecule has 0 fully saturated rings. The zero-order valence-corrected chi connectivity index (χ0v) is 40.5. The molecule has 8 rings (SSSR count). The first kappa shape index (κ1) is 48.6. The number of methoxy groups -OCH3 is 2. The van der Waals surface area contributed by atoms with Crippen LogP contribution in [0.25, 0.3) is 45.5 Å². The van der Waals surface area contributed by atoms with Gasteiger partial charge in [-0.25, -0.2) is 16.8 Å². The Morgan fingerprint density at radius 2 is 0.986 bits per heavy atom. The van der Waals surface area contributed by atoms with E-state index in [4.69, 9.17) is 9.47 Å². The fourth-order valence-corrected chi connectivity index (χ4v) is 11.6. The highest BCUT2D eigenvalue weighted by Gasteiger charge is 2.36. The smallest absolute Gasteiger partial charge is 0.263 e. The van der Waals surface area contributed by atoms with Crippen LogP contribution in [0.15, 0.2) is 141 Å². The van der Waals surface area contributed by atoms with Crippen molar-refractivity contribution < 1.29 is 45.5 Å². The van der Waals surface area contributed by atoms with Gasteiger partial charge in [0.25, 0.3) is 23.6 Å². The Hall–Kier alpha value is -7.82. The van der Waals surface area contributed by atoms with E-state index in [0.29, 0.717) is 63.1 Å². The minimum Gasteiger partial charge on any atom is -0.496 e. The van der Waals surface area contributed by atoms with Gasteiger partial charge in [0.1, 0.15) is 21.3 Å². The topological polar surface area (TPSA) is 203 Å². The van der Waals surface area contributed by atoms with Crippen molar-refractivity contribution in [3.8, 4) is 44.9 Å². The van der Waals surface area contributed by atoms with E-state index in [9.17, 15) is 36.0 Å². The maximum Gasteiger partial charge on any atom is 0.263 e. The first-order chi connectivity index (χ1) is 33.6. The number of ether oxygens (including phenoxy) is 2. The van der Waals surface area contributed by atoms with Crippen LogP contribution in [0.2, 0.25) is 0 Å². The summed E-state index contributed by atoms with van der Waals surface area (Å²) in [5.41, 5.74) is 7.70. The van der Waals surface area contributed by atoms with Gasteiger partial charge in [0.2, 0.25) is 19.7 Å². The molecule has 14 nitrogen and oxygen atoms in total. The molecule has 4 N–H and O–H groups in total. The van der Waals surface area contributed by atoms with Crippen molar-refractivity contribution in [1.82, 2.24) is 21.3 Å². The van der Waals surface area contributed by atoms with Crippen LogP contribution >= 0.6 is 0 Å². The highest BCUT2D eigenvalue weighted by atomic mass is 32.2. The summed E-state index contributed by atoms with van der Waals surface area (Å²) in [4.78, 5) is 51.4. The number of para-hydroxylation sites is 2. The van der Waals surface area contributed by atoms with Crippen molar-refractivity contribution >= 4 is 55.5 Å². The lowest BCUT2D eigenvalue weighted by molar-refractivity contribution is -0.117. The molecule has 4 amide bonds. The van der Waals surface area contributed by atoms with Crippen LogP contribution in [0.5, 0.6) is 11.5 Å². The molecule has 6 aromatic rings. The van der Waals surface area contributed by atoms with Gasteiger partial charge in [0.05, 0.1) is 24.0 Å². The molecular formula is C54H50N4O10S2. The molecule has 0 saturated carbocycles. The third-order valence-corrected chi connectivity index (χ3v) is 15.7. The van der Waals surface area contributed by atoms with Crippen LogP contribution in [-0.2, 0) is 29.3 Å². The van der Waals surface area contributed by atoms with E-state index in [1.807, 2.05) is 67.6 Å². The lowest BCUT2D eigenvalue weighted by atomic mass is 9.94. The van der Waals surface area contributed by atoms with Crippen molar-refractivity contribution in [2.45, 2.75) is 36.5 Å². The molecule has 0 spiro atoms. The van der Waals surface area contributed by atoms with E-state index >= 15 is 0 Å². The summed E-state index contributed by atoms with van der Waals surface area (Å²) < 4.78 is 65.0. The molecule has 358 valence electrons. The zero-order chi connectivity index (χ0) is 49.7. The standard InChI is InChI=1S/C54H50N4O10S2/c1-33-14-23-46-40(28-33)31-48(69(46,63)64)53(61)57-26-8-24-56-52(60)38-21-17-36(18-22-38)42-11-7-12-43(50(42)68-4)39-29-34(2)44-32-49(70(65,66)47(44)30-39)54(62)58-27-9-25-55-51(59)37-19-15-35(16-20-37)41-10-5-6-13-45(41)67-3/h5-7,10-23,28-32H,8-9,24-27H2,1-4H3,(H,55,59)(H,56,60)(H,57,61)(H,58,62). The van der Waals surface area contributed by atoms with Crippen molar-refractivity contribution in [1.29, 1.82) is 0 Å². The van der Waals surface area contributed by atoms with Gasteiger partial charge in [-0.05, 0) is 115 Å². The van der Waals surface area contributed by atoms with E-state index in [2.05, 4.69) is 21.3 Å². The Bertz CT molecular complexity index is 3360. The largest absolute Gasteiger partial charge is 0.496 e. The van der Waals surface area contributed by atoms with Gasteiger partial charge in [-0.2, -0.15) is 0 Å². The van der Waals surface area contributed by atoms with Crippen LogP contribution in [0.1, 0.15) is 55.8 Å². The number of rotatable bonds is 17. The Balaban J connectivity index is 0.840. The van der Waals surface area contributed by atoms with Crippen LogP contribution in [-0.4, -0.2) is 80.9 Å². The van der Waals surface area contributed by atoms with E-state index in [1.165, 1.54) is 25.3 Å². The Morgan fingerprint density at radius 1 is 0.486 bits per heavy atom. The summed E-state index contributed by atoms with van der Waals surface area (Å²) in [6.45, 7) is 4.37. The summed E-state index contributed by atoms with van der Waals surface area (Å²) in [6.07, 6.45) is 3.49. The van der Waals surface area contributed by atoms with Crippen LogP contribution in [0.4, 0.5) is 0 Å². The molecule has 0 atom stereocenters. The number of amides is 4. The summed E-state index contributed by atoms with van der Waals surface area (Å²) >= 11 is 0. The molecule has 0 saturated heterocycles. The average molecular weight is 979 g/mol. The number of hydrogen-bond donors (Lipinski definition) is 4. The van der Waals surface area contributed by atoms with Gasteiger partial charge in [0.15, 0.2) is 0 Å². The molecule has 0 unspecified atom stereocenters. The van der Waals surface area contributed by atoms with Gasteiger partial charge in [-0.3, -0.25) is 19.2 Å². The van der Waals surface area contributed by atoms with E-state index < -0.39 is 31.5 Å². The van der Waals surface area contributed by atoms with Crippen LogP contribution in [0, 0.1) is 13.8 Å². The molecule has 2 aliphatic heterocycles. The number of sulfone groups is 2. The molecule has 70 heavy (non-hydrogen) atoms. The third kappa shape index (κ3) is 9.86. The highest BCUT2D eigenvalue weighted by Crippen LogP contribution is 2.43. The lowest BCUT2D eigenvalue weighted by Crippen LogP contribution is -2.31. The zero-order valence-electron chi connectivity index (χ0n) is 38.8. The van der Waals surface area contributed by atoms with Gasteiger partial charge < -0.3 is 30.7 Å². The molecule has 0 radical (unpaired) electrons. The van der Waals surface area contributed by atoms with E-state index in [0.717, 1.165) is 28.0 Å². The van der Waals surface area contributed by atoms with Crippen molar-refractivity contribution in [3.05, 3.63) is 165 Å². The maximum absolute atomic E-state index is 13.9.